The van der Waals surface area contributed by atoms with E-state index < -0.39 is 5.97 Å². The van der Waals surface area contributed by atoms with Crippen molar-refractivity contribution in [2.75, 3.05) is 5.32 Å². The Hall–Kier alpha value is -4.13. The first-order valence-electron chi connectivity index (χ1n) is 14.0. The standard InChI is InChI=1S/C32H36N4O3/c1-2-3-9-22-10-8-11-25(20-22)33-32(39)35-31-34-28-14-6-7-15-29(28)36(31)21-23-16-18-24(19-17-23)26-12-4-5-13-27(26)30(37)38/h4-7,12-19,22,25H,2-3,8-11,20-21H2,1H3,(H,37,38)(H2,33,34,35,39). The van der Waals surface area contributed by atoms with Crippen molar-refractivity contribution in [2.45, 2.75) is 64.5 Å². The quantitative estimate of drug-likeness (QED) is 0.214. The third-order valence-electron chi connectivity index (χ3n) is 7.73. The normalized spacial score (nSPS) is 17.2. The molecule has 0 radical (unpaired) electrons. The zero-order chi connectivity index (χ0) is 27.2. The Morgan fingerprint density at radius 2 is 1.77 bits per heavy atom. The van der Waals surface area contributed by atoms with Gasteiger partial charge < -0.3 is 15.0 Å². The lowest BCUT2D eigenvalue weighted by atomic mass is 9.83. The maximum Gasteiger partial charge on any atom is 0.336 e. The van der Waals surface area contributed by atoms with Gasteiger partial charge in [-0.25, -0.2) is 14.6 Å². The Morgan fingerprint density at radius 3 is 2.56 bits per heavy atom. The van der Waals surface area contributed by atoms with Gasteiger partial charge in [0.05, 0.1) is 23.1 Å². The summed E-state index contributed by atoms with van der Waals surface area (Å²) in [6.45, 7) is 2.74. The summed E-state index contributed by atoms with van der Waals surface area (Å²) in [4.78, 5) is 29.4. The van der Waals surface area contributed by atoms with E-state index in [2.05, 4.69) is 17.6 Å². The average Bonchev–Trinajstić information content (AvgIpc) is 3.28. The summed E-state index contributed by atoms with van der Waals surface area (Å²) in [5.41, 5.74) is 4.57. The van der Waals surface area contributed by atoms with E-state index in [9.17, 15) is 14.7 Å². The minimum Gasteiger partial charge on any atom is -0.478 e. The van der Waals surface area contributed by atoms with Crippen LogP contribution in [-0.2, 0) is 6.54 Å². The second-order valence-corrected chi connectivity index (χ2v) is 10.5. The fourth-order valence-corrected chi connectivity index (χ4v) is 5.72. The lowest BCUT2D eigenvalue weighted by Crippen LogP contribution is -2.41. The van der Waals surface area contributed by atoms with Crippen LogP contribution < -0.4 is 10.6 Å². The van der Waals surface area contributed by atoms with Crippen LogP contribution in [0.25, 0.3) is 22.2 Å². The molecule has 0 bridgehead atoms. The molecule has 39 heavy (non-hydrogen) atoms. The number of amides is 2. The fourth-order valence-electron chi connectivity index (χ4n) is 5.72. The molecule has 0 aliphatic heterocycles. The van der Waals surface area contributed by atoms with Crippen LogP contribution in [0.4, 0.5) is 10.7 Å². The predicted octanol–water partition coefficient (Wildman–Crippen LogP) is 7.32. The number of carbonyl (C=O) groups is 2. The first-order valence-corrected chi connectivity index (χ1v) is 14.0. The Morgan fingerprint density at radius 1 is 1.00 bits per heavy atom. The van der Waals surface area contributed by atoms with Gasteiger partial charge in [0.15, 0.2) is 0 Å². The van der Waals surface area contributed by atoms with E-state index in [1.54, 1.807) is 12.1 Å². The molecule has 4 aromatic rings. The van der Waals surface area contributed by atoms with Gasteiger partial charge in [-0.3, -0.25) is 5.32 Å². The van der Waals surface area contributed by atoms with Gasteiger partial charge in [0.1, 0.15) is 0 Å². The van der Waals surface area contributed by atoms with Crippen LogP contribution in [0.3, 0.4) is 0 Å². The predicted molar refractivity (Wildman–Crippen MR) is 155 cm³/mol. The Balaban J connectivity index is 1.32. The maximum atomic E-state index is 13.0. The molecule has 0 spiro atoms. The molecule has 7 nitrogen and oxygen atoms in total. The van der Waals surface area contributed by atoms with E-state index in [-0.39, 0.29) is 17.6 Å². The number of carboxylic acid groups (broad SMARTS) is 1. The van der Waals surface area contributed by atoms with Crippen molar-refractivity contribution < 1.29 is 14.7 Å². The average molecular weight is 525 g/mol. The Labute approximate surface area is 229 Å². The number of aromatic nitrogens is 2. The largest absolute Gasteiger partial charge is 0.478 e. The lowest BCUT2D eigenvalue weighted by molar-refractivity contribution is 0.0697. The molecule has 2 atom stereocenters. The summed E-state index contributed by atoms with van der Waals surface area (Å²) in [5, 5.41) is 15.8. The van der Waals surface area contributed by atoms with Gasteiger partial charge in [-0.05, 0) is 53.6 Å². The second kappa shape index (κ2) is 12.2. The molecule has 1 aliphatic carbocycles. The number of unbranched alkanes of at least 4 members (excludes halogenated alkanes) is 1. The number of hydrogen-bond acceptors (Lipinski definition) is 3. The van der Waals surface area contributed by atoms with Crippen LogP contribution >= 0.6 is 0 Å². The summed E-state index contributed by atoms with van der Waals surface area (Å²) in [7, 11) is 0. The number of urea groups is 1. The number of aromatic carboxylic acids is 1. The minimum atomic E-state index is -0.946. The molecule has 202 valence electrons. The van der Waals surface area contributed by atoms with Crippen molar-refractivity contribution in [3.05, 3.63) is 83.9 Å². The topological polar surface area (TPSA) is 96.3 Å². The molecule has 1 aliphatic rings. The zero-order valence-electron chi connectivity index (χ0n) is 22.4. The number of benzene rings is 3. The Bertz CT molecular complexity index is 1440. The van der Waals surface area contributed by atoms with Crippen LogP contribution in [-0.4, -0.2) is 32.7 Å². The fraction of sp³-hybridized carbons (Fsp3) is 0.344. The first-order chi connectivity index (χ1) is 19.0. The minimum absolute atomic E-state index is 0.194. The van der Waals surface area contributed by atoms with Crippen LogP contribution in [0.2, 0.25) is 0 Å². The highest BCUT2D eigenvalue weighted by molar-refractivity contribution is 5.96. The van der Waals surface area contributed by atoms with E-state index in [0.717, 1.165) is 41.4 Å². The molecule has 5 rings (SSSR count). The van der Waals surface area contributed by atoms with Crippen LogP contribution in [0.1, 0.15) is 67.8 Å². The number of imidazole rings is 1. The molecule has 2 unspecified atom stereocenters. The number of carboxylic acids is 1. The van der Waals surface area contributed by atoms with Crippen molar-refractivity contribution >= 4 is 29.0 Å². The summed E-state index contributed by atoms with van der Waals surface area (Å²) in [5.74, 6) is 0.254. The number of nitrogens with one attached hydrogen (secondary N) is 2. The van der Waals surface area contributed by atoms with Gasteiger partial charge in [0.2, 0.25) is 5.95 Å². The first kappa shape index (κ1) is 26.5. The molecule has 1 fully saturated rings. The van der Waals surface area contributed by atoms with Crippen molar-refractivity contribution in [3.8, 4) is 11.1 Å². The van der Waals surface area contributed by atoms with E-state index in [1.165, 1.54) is 25.7 Å². The molecular formula is C32H36N4O3. The number of nitrogens with zero attached hydrogens (tertiary/aromatic N) is 2. The van der Waals surface area contributed by atoms with Crippen molar-refractivity contribution in [3.63, 3.8) is 0 Å². The highest BCUT2D eigenvalue weighted by Gasteiger charge is 2.24. The highest BCUT2D eigenvalue weighted by atomic mass is 16.4. The molecule has 3 N–H and O–H groups in total. The van der Waals surface area contributed by atoms with E-state index in [0.29, 0.717) is 24.0 Å². The third kappa shape index (κ3) is 6.30. The van der Waals surface area contributed by atoms with Crippen LogP contribution in [0.15, 0.2) is 72.8 Å². The molecule has 7 heteroatoms. The van der Waals surface area contributed by atoms with Gasteiger partial charge in [0.25, 0.3) is 0 Å². The highest BCUT2D eigenvalue weighted by Crippen LogP contribution is 2.29. The van der Waals surface area contributed by atoms with Crippen LogP contribution in [0.5, 0.6) is 0 Å². The van der Waals surface area contributed by atoms with E-state index in [4.69, 9.17) is 4.98 Å². The number of anilines is 1. The summed E-state index contributed by atoms with van der Waals surface area (Å²) in [6.07, 6.45) is 8.18. The number of para-hydroxylation sites is 2. The summed E-state index contributed by atoms with van der Waals surface area (Å²) < 4.78 is 2.01. The third-order valence-corrected chi connectivity index (χ3v) is 7.73. The van der Waals surface area contributed by atoms with Gasteiger partial charge >= 0.3 is 12.0 Å². The van der Waals surface area contributed by atoms with Gasteiger partial charge in [-0.1, -0.05) is 93.6 Å². The maximum absolute atomic E-state index is 13.0. The molecular weight excluding hydrogens is 488 g/mol. The molecule has 1 saturated carbocycles. The monoisotopic (exact) mass is 524 g/mol. The number of fused-ring (bicyclic) bond motifs is 1. The van der Waals surface area contributed by atoms with Gasteiger partial charge in [0, 0.05) is 6.04 Å². The molecule has 0 saturated heterocycles. The summed E-state index contributed by atoms with van der Waals surface area (Å²) in [6, 6.07) is 22.7. The zero-order valence-corrected chi connectivity index (χ0v) is 22.4. The molecule has 1 aromatic heterocycles. The van der Waals surface area contributed by atoms with Crippen molar-refractivity contribution in [1.29, 1.82) is 0 Å². The molecule has 1 heterocycles. The second-order valence-electron chi connectivity index (χ2n) is 10.5. The smallest absolute Gasteiger partial charge is 0.336 e. The van der Waals surface area contributed by atoms with Gasteiger partial charge in [-0.15, -0.1) is 0 Å². The molecule has 3 aromatic carbocycles. The van der Waals surface area contributed by atoms with Gasteiger partial charge in [-0.2, -0.15) is 0 Å². The van der Waals surface area contributed by atoms with E-state index >= 15 is 0 Å². The lowest BCUT2D eigenvalue weighted by Gasteiger charge is -2.29. The van der Waals surface area contributed by atoms with Crippen LogP contribution in [0, 0.1) is 5.92 Å². The molecule has 2 amide bonds. The SMILES string of the molecule is CCCCC1CCCC(NC(=O)Nc2nc3ccccc3n2Cc2ccc(-c3ccccc3C(=O)O)cc2)C1. The van der Waals surface area contributed by atoms with Crippen molar-refractivity contribution in [2.24, 2.45) is 5.92 Å². The number of rotatable bonds is 9. The van der Waals surface area contributed by atoms with Crippen molar-refractivity contribution in [1.82, 2.24) is 14.9 Å². The Kier molecular flexibility index (Phi) is 8.25. The number of hydrogen-bond donors (Lipinski definition) is 3. The van der Waals surface area contributed by atoms with E-state index in [1.807, 2.05) is 65.2 Å². The summed E-state index contributed by atoms with van der Waals surface area (Å²) >= 11 is 0. The number of carbonyl (C=O) groups excluding carboxylic acids is 1.